The molecule has 0 aliphatic heterocycles. The number of fused-ring (bicyclic) bond motifs is 9. The third-order valence-corrected chi connectivity index (χ3v) is 13.0. The van der Waals surface area contributed by atoms with Crippen LogP contribution in [0.1, 0.15) is 19.4 Å². The van der Waals surface area contributed by atoms with E-state index in [-0.39, 0.29) is 11.6 Å². The van der Waals surface area contributed by atoms with Gasteiger partial charge in [-0.05, 0) is 74.0 Å². The number of benzene rings is 9. The smallest absolute Gasteiger partial charge is 0.131 e. The molecule has 0 fully saturated rings. The number of halogens is 2. The van der Waals surface area contributed by atoms with Gasteiger partial charge in [-0.15, -0.1) is 0 Å². The molecule has 0 aliphatic carbocycles. The molecule has 12 aromatic rings. The van der Waals surface area contributed by atoms with Crippen LogP contribution in [-0.4, -0.2) is 13.7 Å². The second-order valence-electron chi connectivity index (χ2n) is 16.7. The van der Waals surface area contributed by atoms with Crippen molar-refractivity contribution in [3.05, 3.63) is 217 Å². The molecule has 5 heteroatoms. The number of hydrogen-bond donors (Lipinski definition) is 0. The summed E-state index contributed by atoms with van der Waals surface area (Å²) in [6.07, 6.45) is 0. The Hall–Kier alpha value is -7.76. The molecule has 0 N–H and O–H groups in total. The minimum atomic E-state index is -0.958. The highest BCUT2D eigenvalue weighted by molar-refractivity contribution is 6.13. The Morgan fingerprint density at radius 1 is 0.339 bits per heavy atom. The standard InChI is InChI=1S/C57H39F2N3/c1-57(2,62-50-33-17-9-23-40(50)41-24-10-18-34-51(41)62)56-54(42-25-3-11-27-44(42)58)52(60-46-29-13-5-19-36(46)37-20-6-14-30-47(37)60)35-53(55(56)43-26-4-12-28-45(43)59)61-48-31-15-7-21-38(48)39-22-8-16-32-49(39)61/h3-35H,1-2H3. The zero-order valence-electron chi connectivity index (χ0n) is 34.2. The Kier molecular flexibility index (Phi) is 7.94. The maximum Gasteiger partial charge on any atom is 0.131 e. The van der Waals surface area contributed by atoms with Crippen molar-refractivity contribution in [1.82, 2.24) is 13.7 Å². The molecule has 0 amide bonds. The molecule has 3 nitrogen and oxygen atoms in total. The molecule has 0 saturated carbocycles. The first-order valence-corrected chi connectivity index (χ1v) is 21.1. The van der Waals surface area contributed by atoms with E-state index >= 15 is 8.78 Å². The van der Waals surface area contributed by atoms with Crippen molar-refractivity contribution >= 4 is 65.4 Å². The molecule has 0 radical (unpaired) electrons. The lowest BCUT2D eigenvalue weighted by Gasteiger charge is -2.37. The van der Waals surface area contributed by atoms with Crippen molar-refractivity contribution in [2.24, 2.45) is 0 Å². The summed E-state index contributed by atoms with van der Waals surface area (Å²) >= 11 is 0. The van der Waals surface area contributed by atoms with Gasteiger partial charge in [-0.25, -0.2) is 8.78 Å². The summed E-state index contributed by atoms with van der Waals surface area (Å²) in [7, 11) is 0. The second kappa shape index (κ2) is 13.6. The van der Waals surface area contributed by atoms with E-state index in [0.29, 0.717) is 22.3 Å². The van der Waals surface area contributed by atoms with Gasteiger partial charge in [0.15, 0.2) is 0 Å². The molecule has 0 atom stereocenters. The number of nitrogens with zero attached hydrogens (tertiary/aromatic N) is 3. The van der Waals surface area contributed by atoms with E-state index in [9.17, 15) is 0 Å². The van der Waals surface area contributed by atoms with Crippen LogP contribution in [0.15, 0.2) is 200 Å². The Bertz CT molecular complexity index is 3430. The molecular weight excluding hydrogens is 765 g/mol. The van der Waals surface area contributed by atoms with Crippen LogP contribution in [0, 0.1) is 11.6 Å². The molecular formula is C57H39F2N3. The van der Waals surface area contributed by atoms with Crippen LogP contribution in [0.5, 0.6) is 0 Å². The van der Waals surface area contributed by atoms with Crippen LogP contribution in [0.25, 0.3) is 99.0 Å². The van der Waals surface area contributed by atoms with Crippen molar-refractivity contribution in [3.8, 4) is 33.6 Å². The van der Waals surface area contributed by atoms with Gasteiger partial charge in [0.2, 0.25) is 0 Å². The van der Waals surface area contributed by atoms with Crippen molar-refractivity contribution in [1.29, 1.82) is 0 Å². The van der Waals surface area contributed by atoms with E-state index in [1.54, 1.807) is 12.1 Å². The molecule has 0 saturated heterocycles. The molecule has 12 rings (SSSR count). The number of rotatable bonds is 6. The van der Waals surface area contributed by atoms with Crippen molar-refractivity contribution < 1.29 is 8.78 Å². The average molecular weight is 804 g/mol. The van der Waals surface area contributed by atoms with Crippen LogP contribution in [-0.2, 0) is 5.54 Å². The first-order valence-electron chi connectivity index (χ1n) is 21.1. The van der Waals surface area contributed by atoms with Crippen molar-refractivity contribution in [2.45, 2.75) is 19.4 Å². The predicted molar refractivity (Wildman–Crippen MR) is 254 cm³/mol. The zero-order valence-corrected chi connectivity index (χ0v) is 34.2. The summed E-state index contributed by atoms with van der Waals surface area (Å²) in [6, 6.07) is 66.9. The minimum Gasteiger partial charge on any atom is -0.331 e. The summed E-state index contributed by atoms with van der Waals surface area (Å²) in [5.41, 5.74) is 9.62. The van der Waals surface area contributed by atoms with Gasteiger partial charge in [-0.2, -0.15) is 0 Å². The van der Waals surface area contributed by atoms with E-state index < -0.39 is 5.54 Å². The zero-order chi connectivity index (χ0) is 41.7. The normalized spacial score (nSPS) is 12.2. The molecule has 0 unspecified atom stereocenters. The Labute approximate surface area is 356 Å². The monoisotopic (exact) mass is 803 g/mol. The quantitative estimate of drug-likeness (QED) is 0.159. The summed E-state index contributed by atoms with van der Waals surface area (Å²) in [6.45, 7) is 4.42. The third kappa shape index (κ3) is 5.08. The summed E-state index contributed by atoms with van der Waals surface area (Å²) < 4.78 is 41.5. The van der Waals surface area contributed by atoms with Crippen molar-refractivity contribution in [2.75, 3.05) is 0 Å². The van der Waals surface area contributed by atoms with E-state index in [0.717, 1.165) is 82.4 Å². The highest BCUT2D eigenvalue weighted by Gasteiger charge is 2.38. The van der Waals surface area contributed by atoms with Crippen LogP contribution in [0.3, 0.4) is 0 Å². The fourth-order valence-electron chi connectivity index (χ4n) is 10.5. The van der Waals surface area contributed by atoms with E-state index in [1.807, 2.05) is 24.3 Å². The molecule has 0 spiro atoms. The van der Waals surface area contributed by atoms with Crippen LogP contribution < -0.4 is 0 Å². The summed E-state index contributed by atoms with van der Waals surface area (Å²) in [5, 5.41) is 6.56. The maximum atomic E-state index is 17.2. The lowest BCUT2D eigenvalue weighted by atomic mass is 9.78. The van der Waals surface area contributed by atoms with Gasteiger partial charge in [-0.1, -0.05) is 146 Å². The Balaban J connectivity index is 1.40. The van der Waals surface area contributed by atoms with Gasteiger partial charge >= 0.3 is 0 Å². The topological polar surface area (TPSA) is 14.8 Å². The Morgan fingerprint density at radius 3 is 0.952 bits per heavy atom. The summed E-state index contributed by atoms with van der Waals surface area (Å²) in [5.74, 6) is -0.726. The van der Waals surface area contributed by atoms with Gasteiger partial charge in [0.1, 0.15) is 11.6 Å². The van der Waals surface area contributed by atoms with Gasteiger partial charge in [0, 0.05) is 65.6 Å². The van der Waals surface area contributed by atoms with Crippen LogP contribution in [0.2, 0.25) is 0 Å². The number of hydrogen-bond acceptors (Lipinski definition) is 0. The maximum absolute atomic E-state index is 17.2. The van der Waals surface area contributed by atoms with Crippen molar-refractivity contribution in [3.63, 3.8) is 0 Å². The van der Waals surface area contributed by atoms with Gasteiger partial charge in [-0.3, -0.25) is 0 Å². The van der Waals surface area contributed by atoms with Gasteiger partial charge in [0.25, 0.3) is 0 Å². The molecule has 3 aromatic heterocycles. The molecule has 3 heterocycles. The van der Waals surface area contributed by atoms with E-state index in [2.05, 4.69) is 179 Å². The fourth-order valence-corrected chi connectivity index (χ4v) is 10.5. The van der Waals surface area contributed by atoms with E-state index in [4.69, 9.17) is 0 Å². The lowest BCUT2D eigenvalue weighted by Crippen LogP contribution is -2.30. The highest BCUT2D eigenvalue weighted by Crippen LogP contribution is 2.52. The average Bonchev–Trinajstić information content (AvgIpc) is 3.95. The highest BCUT2D eigenvalue weighted by atomic mass is 19.1. The fraction of sp³-hybridized carbons (Fsp3) is 0.0526. The van der Waals surface area contributed by atoms with Gasteiger partial charge < -0.3 is 13.7 Å². The molecule has 296 valence electrons. The summed E-state index contributed by atoms with van der Waals surface area (Å²) in [4.78, 5) is 0. The first-order chi connectivity index (χ1) is 30.4. The van der Waals surface area contributed by atoms with E-state index in [1.165, 1.54) is 12.1 Å². The van der Waals surface area contributed by atoms with Crippen LogP contribution in [0.4, 0.5) is 8.78 Å². The molecule has 9 aromatic carbocycles. The Morgan fingerprint density at radius 2 is 0.613 bits per heavy atom. The first kappa shape index (κ1) is 36.1. The van der Waals surface area contributed by atoms with Gasteiger partial charge in [0.05, 0.1) is 39.0 Å². The minimum absolute atomic E-state index is 0.363. The number of aromatic nitrogens is 3. The molecule has 62 heavy (non-hydrogen) atoms. The lowest BCUT2D eigenvalue weighted by molar-refractivity contribution is 0.466. The third-order valence-electron chi connectivity index (χ3n) is 13.0. The number of para-hydroxylation sites is 6. The SMILES string of the molecule is CC(C)(c1c(-c2ccccc2F)c(-n2c3ccccc3c3ccccc32)cc(-n2c3ccccc3c3ccccc32)c1-c1ccccc1F)n1c2ccccc2c2ccccc21. The predicted octanol–water partition coefficient (Wildman–Crippen LogP) is 15.4. The van der Waals surface area contributed by atoms with Crippen LogP contribution >= 0.6 is 0 Å². The molecule has 0 aliphatic rings. The largest absolute Gasteiger partial charge is 0.331 e. The molecule has 0 bridgehead atoms. The second-order valence-corrected chi connectivity index (χ2v) is 16.7.